The fourth-order valence-corrected chi connectivity index (χ4v) is 2.75. The van der Waals surface area contributed by atoms with Crippen LogP contribution in [0.15, 0.2) is 66.7 Å². The van der Waals surface area contributed by atoms with Crippen LogP contribution in [0, 0.1) is 0 Å². The zero-order valence-electron chi connectivity index (χ0n) is 13.3. The Labute approximate surface area is 140 Å². The second-order valence-corrected chi connectivity index (χ2v) is 5.42. The van der Waals surface area contributed by atoms with Crippen molar-refractivity contribution in [2.45, 2.75) is 12.1 Å². The molecule has 1 heterocycles. The van der Waals surface area contributed by atoms with Gasteiger partial charge in [-0.15, -0.1) is 0 Å². The van der Waals surface area contributed by atoms with Gasteiger partial charge in [0.2, 0.25) is 0 Å². The standard InChI is InChI=1S/C19H18N2O3/c1-24-18(22)17-16(13-12-14-8-4-2-5-9-14)21(19(23)20-17)15-10-6-3-7-11-15/h2-13,16-17H,1H3,(H,20,23)/b13-12+/t16-,17+/m0/s1. The van der Waals surface area contributed by atoms with Gasteiger partial charge in [-0.3, -0.25) is 4.90 Å². The number of carbonyl (C=O) groups excluding carboxylic acids is 2. The molecule has 2 amide bonds. The van der Waals surface area contributed by atoms with Crippen molar-refractivity contribution in [1.29, 1.82) is 0 Å². The summed E-state index contributed by atoms with van der Waals surface area (Å²) in [5, 5.41) is 2.70. The average Bonchev–Trinajstić information content (AvgIpc) is 2.97. The minimum absolute atomic E-state index is 0.320. The highest BCUT2D eigenvalue weighted by atomic mass is 16.5. The maximum absolute atomic E-state index is 12.4. The fourth-order valence-electron chi connectivity index (χ4n) is 2.75. The molecule has 5 heteroatoms. The highest BCUT2D eigenvalue weighted by molar-refractivity contribution is 6.01. The molecule has 0 aliphatic carbocycles. The molecule has 1 aliphatic rings. The van der Waals surface area contributed by atoms with Crippen LogP contribution in [0.25, 0.3) is 6.08 Å². The fraction of sp³-hybridized carbons (Fsp3) is 0.158. The molecule has 24 heavy (non-hydrogen) atoms. The van der Waals surface area contributed by atoms with E-state index in [1.165, 1.54) is 7.11 Å². The molecule has 122 valence electrons. The Hall–Kier alpha value is -3.08. The number of benzene rings is 2. The quantitative estimate of drug-likeness (QED) is 0.881. The zero-order chi connectivity index (χ0) is 16.9. The lowest BCUT2D eigenvalue weighted by atomic mass is 10.1. The maximum atomic E-state index is 12.4. The van der Waals surface area contributed by atoms with Crippen molar-refractivity contribution in [2.24, 2.45) is 0 Å². The van der Waals surface area contributed by atoms with Gasteiger partial charge in [0.15, 0.2) is 6.04 Å². The van der Waals surface area contributed by atoms with Crippen LogP contribution in [0.5, 0.6) is 0 Å². The molecule has 2 aromatic rings. The predicted molar refractivity (Wildman–Crippen MR) is 92.5 cm³/mol. The number of para-hydroxylation sites is 1. The highest BCUT2D eigenvalue weighted by Crippen LogP contribution is 2.25. The molecule has 1 saturated heterocycles. The van der Waals surface area contributed by atoms with Gasteiger partial charge < -0.3 is 10.1 Å². The minimum atomic E-state index is -0.748. The number of nitrogens with one attached hydrogen (secondary N) is 1. The molecule has 2 atom stereocenters. The number of nitrogens with zero attached hydrogens (tertiary/aromatic N) is 1. The predicted octanol–water partition coefficient (Wildman–Crippen LogP) is 2.84. The molecule has 0 bridgehead atoms. The number of carbonyl (C=O) groups is 2. The molecule has 1 fully saturated rings. The van der Waals surface area contributed by atoms with Gasteiger partial charge in [0.05, 0.1) is 13.2 Å². The first-order chi connectivity index (χ1) is 11.7. The lowest BCUT2D eigenvalue weighted by Crippen LogP contribution is -2.41. The Kier molecular flexibility index (Phi) is 4.61. The van der Waals surface area contributed by atoms with Crippen LogP contribution >= 0.6 is 0 Å². The molecular weight excluding hydrogens is 304 g/mol. The summed E-state index contributed by atoms with van der Waals surface area (Å²) < 4.78 is 4.83. The van der Waals surface area contributed by atoms with Crippen LogP contribution in [0.2, 0.25) is 0 Å². The van der Waals surface area contributed by atoms with Crippen molar-refractivity contribution in [2.75, 3.05) is 12.0 Å². The summed E-state index contributed by atoms with van der Waals surface area (Å²) in [5.74, 6) is -0.468. The second-order valence-electron chi connectivity index (χ2n) is 5.42. The molecule has 3 rings (SSSR count). The smallest absolute Gasteiger partial charge is 0.330 e. The Morgan fingerprint density at radius 1 is 1.08 bits per heavy atom. The van der Waals surface area contributed by atoms with E-state index in [0.29, 0.717) is 0 Å². The summed E-state index contributed by atoms with van der Waals surface area (Å²) in [7, 11) is 1.32. The van der Waals surface area contributed by atoms with Crippen LogP contribution in [0.1, 0.15) is 5.56 Å². The van der Waals surface area contributed by atoms with Gasteiger partial charge in [0.25, 0.3) is 0 Å². The lowest BCUT2D eigenvalue weighted by Gasteiger charge is -2.22. The summed E-state index contributed by atoms with van der Waals surface area (Å²) >= 11 is 0. The molecule has 5 nitrogen and oxygen atoms in total. The number of hydrogen-bond acceptors (Lipinski definition) is 3. The lowest BCUT2D eigenvalue weighted by molar-refractivity contribution is -0.142. The average molecular weight is 322 g/mol. The number of ether oxygens (including phenoxy) is 1. The second kappa shape index (κ2) is 7.00. The van der Waals surface area contributed by atoms with Crippen molar-refractivity contribution in [3.8, 4) is 0 Å². The van der Waals surface area contributed by atoms with Crippen LogP contribution in [0.4, 0.5) is 10.5 Å². The summed E-state index contributed by atoms with van der Waals surface area (Å²) in [5.41, 5.74) is 1.72. The maximum Gasteiger partial charge on any atom is 0.330 e. The van der Waals surface area contributed by atoms with Gasteiger partial charge in [-0.25, -0.2) is 9.59 Å². The van der Waals surface area contributed by atoms with Crippen molar-refractivity contribution < 1.29 is 14.3 Å². The van der Waals surface area contributed by atoms with Crippen molar-refractivity contribution in [1.82, 2.24) is 5.32 Å². The number of urea groups is 1. The van der Waals surface area contributed by atoms with Crippen LogP contribution < -0.4 is 10.2 Å². The number of esters is 1. The van der Waals surface area contributed by atoms with E-state index in [1.54, 1.807) is 4.90 Å². The topological polar surface area (TPSA) is 58.6 Å². The number of rotatable bonds is 4. The van der Waals surface area contributed by atoms with Crippen molar-refractivity contribution >= 4 is 23.8 Å². The third-order valence-electron chi connectivity index (χ3n) is 3.91. The third-order valence-corrected chi connectivity index (χ3v) is 3.91. The molecule has 0 spiro atoms. The zero-order valence-corrected chi connectivity index (χ0v) is 13.3. The van der Waals surface area contributed by atoms with Crippen molar-refractivity contribution in [3.05, 3.63) is 72.3 Å². The molecule has 0 radical (unpaired) electrons. The SMILES string of the molecule is COC(=O)[C@@H]1NC(=O)N(c2ccccc2)[C@H]1/C=C/c1ccccc1. The van der Waals surface area contributed by atoms with Gasteiger partial charge in [-0.2, -0.15) is 0 Å². The van der Waals surface area contributed by atoms with E-state index in [4.69, 9.17) is 4.74 Å². The first-order valence-corrected chi connectivity index (χ1v) is 7.66. The normalized spacial score (nSPS) is 20.2. The Bertz CT molecular complexity index is 744. The first kappa shape index (κ1) is 15.8. The monoisotopic (exact) mass is 322 g/mol. The number of amides is 2. The molecule has 1 aliphatic heterocycles. The summed E-state index contributed by atoms with van der Waals surface area (Å²) in [6.45, 7) is 0. The van der Waals surface area contributed by atoms with Gasteiger partial charge in [-0.05, 0) is 17.7 Å². The van der Waals surface area contributed by atoms with E-state index in [9.17, 15) is 9.59 Å². The van der Waals surface area contributed by atoms with E-state index >= 15 is 0 Å². The van der Waals surface area contributed by atoms with Crippen LogP contribution in [-0.2, 0) is 9.53 Å². The molecule has 0 aromatic heterocycles. The van der Waals surface area contributed by atoms with Crippen molar-refractivity contribution in [3.63, 3.8) is 0 Å². The largest absolute Gasteiger partial charge is 0.467 e. The molecule has 2 aromatic carbocycles. The Morgan fingerprint density at radius 2 is 1.71 bits per heavy atom. The molecular formula is C19H18N2O3. The molecule has 0 saturated carbocycles. The van der Waals surface area contributed by atoms with Gasteiger partial charge in [-0.1, -0.05) is 60.7 Å². The van der Waals surface area contributed by atoms with E-state index in [1.807, 2.05) is 72.8 Å². The first-order valence-electron chi connectivity index (χ1n) is 7.66. The highest BCUT2D eigenvalue weighted by Gasteiger charge is 2.43. The third kappa shape index (κ3) is 3.15. The van der Waals surface area contributed by atoms with E-state index in [0.717, 1.165) is 11.3 Å². The van der Waals surface area contributed by atoms with E-state index in [2.05, 4.69) is 5.32 Å². The summed E-state index contributed by atoms with van der Waals surface area (Å²) in [4.78, 5) is 26.0. The molecule has 1 N–H and O–H groups in total. The van der Waals surface area contributed by atoms with Gasteiger partial charge >= 0.3 is 12.0 Å². The minimum Gasteiger partial charge on any atom is -0.467 e. The Morgan fingerprint density at radius 3 is 2.33 bits per heavy atom. The number of anilines is 1. The van der Waals surface area contributed by atoms with Gasteiger partial charge in [0.1, 0.15) is 0 Å². The number of hydrogen-bond donors (Lipinski definition) is 1. The molecule has 0 unspecified atom stereocenters. The van der Waals surface area contributed by atoms with E-state index < -0.39 is 18.1 Å². The summed E-state index contributed by atoms with van der Waals surface area (Å²) in [6, 6.07) is 17.4. The Balaban J connectivity index is 1.95. The van der Waals surface area contributed by atoms with Crippen LogP contribution in [0.3, 0.4) is 0 Å². The van der Waals surface area contributed by atoms with Crippen LogP contribution in [-0.4, -0.2) is 31.2 Å². The summed E-state index contributed by atoms with van der Waals surface area (Å²) in [6.07, 6.45) is 3.75. The van der Waals surface area contributed by atoms with E-state index in [-0.39, 0.29) is 6.03 Å². The van der Waals surface area contributed by atoms with Gasteiger partial charge in [0, 0.05) is 5.69 Å². The number of methoxy groups -OCH3 is 1.